The van der Waals surface area contributed by atoms with Crippen LogP contribution in [0.3, 0.4) is 0 Å². The van der Waals surface area contributed by atoms with E-state index in [1.54, 1.807) is 12.1 Å². The monoisotopic (exact) mass is 226 g/mol. The maximum atomic E-state index is 9.43. The summed E-state index contributed by atoms with van der Waals surface area (Å²) in [6.45, 7) is 0. The normalized spacial score (nSPS) is 11.1. The Morgan fingerprint density at radius 3 is 2.12 bits per heavy atom. The maximum Gasteiger partial charge on any atom is 0.116 e. The third-order valence-electron chi connectivity index (χ3n) is 2.80. The summed E-state index contributed by atoms with van der Waals surface area (Å²) in [4.78, 5) is 0.964. The molecular formula is C14H10OS. The Morgan fingerprint density at radius 1 is 0.750 bits per heavy atom. The van der Waals surface area contributed by atoms with E-state index in [0.717, 1.165) is 15.7 Å². The van der Waals surface area contributed by atoms with Crippen LogP contribution in [0.15, 0.2) is 53.4 Å². The summed E-state index contributed by atoms with van der Waals surface area (Å²) in [5, 5.41) is 14.0. The van der Waals surface area contributed by atoms with Gasteiger partial charge in [0.15, 0.2) is 0 Å². The zero-order chi connectivity index (χ0) is 11.1. The molecule has 0 aliphatic heterocycles. The molecule has 1 nitrogen and oxygen atoms in total. The van der Waals surface area contributed by atoms with Gasteiger partial charge in [0.2, 0.25) is 0 Å². The van der Waals surface area contributed by atoms with Crippen molar-refractivity contribution < 1.29 is 5.11 Å². The molecule has 2 heteroatoms. The van der Waals surface area contributed by atoms with Gasteiger partial charge in [-0.1, -0.05) is 24.3 Å². The van der Waals surface area contributed by atoms with Crippen LogP contribution < -0.4 is 0 Å². The van der Waals surface area contributed by atoms with Gasteiger partial charge in [0.25, 0.3) is 0 Å². The van der Waals surface area contributed by atoms with Crippen molar-refractivity contribution in [1.82, 2.24) is 0 Å². The molecule has 0 radical (unpaired) electrons. The summed E-state index contributed by atoms with van der Waals surface area (Å²) < 4.78 is 0. The van der Waals surface area contributed by atoms with Gasteiger partial charge in [0, 0.05) is 4.90 Å². The third-order valence-corrected chi connectivity index (χ3v) is 3.08. The van der Waals surface area contributed by atoms with E-state index in [0.29, 0.717) is 5.75 Å². The third kappa shape index (κ3) is 1.42. The van der Waals surface area contributed by atoms with Crippen molar-refractivity contribution in [3.63, 3.8) is 0 Å². The predicted molar refractivity (Wildman–Crippen MR) is 70.4 cm³/mol. The van der Waals surface area contributed by atoms with Gasteiger partial charge in [-0.3, -0.25) is 0 Å². The second-order valence-electron chi connectivity index (χ2n) is 3.88. The maximum absolute atomic E-state index is 9.43. The Hall–Kier alpha value is -1.67. The van der Waals surface area contributed by atoms with Gasteiger partial charge >= 0.3 is 0 Å². The van der Waals surface area contributed by atoms with E-state index < -0.39 is 0 Å². The fraction of sp³-hybridized carbons (Fsp3) is 0. The Morgan fingerprint density at radius 2 is 1.38 bits per heavy atom. The summed E-state index contributed by atoms with van der Waals surface area (Å²) >= 11 is 4.33. The van der Waals surface area contributed by atoms with Crippen molar-refractivity contribution in [3.05, 3.63) is 48.5 Å². The molecule has 1 N–H and O–H groups in total. The van der Waals surface area contributed by atoms with E-state index in [4.69, 9.17) is 0 Å². The minimum Gasteiger partial charge on any atom is -0.508 e. The van der Waals surface area contributed by atoms with Crippen molar-refractivity contribution in [2.24, 2.45) is 0 Å². The van der Waals surface area contributed by atoms with Gasteiger partial charge in [-0.2, -0.15) is 0 Å². The Kier molecular flexibility index (Phi) is 2.04. The quantitative estimate of drug-likeness (QED) is 0.438. The zero-order valence-electron chi connectivity index (χ0n) is 8.51. The summed E-state index contributed by atoms with van der Waals surface area (Å²) in [5.74, 6) is 0.303. The summed E-state index contributed by atoms with van der Waals surface area (Å²) in [6.07, 6.45) is 0. The van der Waals surface area contributed by atoms with E-state index in [-0.39, 0.29) is 0 Å². The van der Waals surface area contributed by atoms with Gasteiger partial charge in [-0.05, 0) is 45.8 Å². The lowest BCUT2D eigenvalue weighted by Crippen LogP contribution is -1.78. The lowest BCUT2D eigenvalue weighted by Gasteiger charge is -2.04. The lowest BCUT2D eigenvalue weighted by atomic mass is 10.0. The molecule has 16 heavy (non-hydrogen) atoms. The molecule has 0 aliphatic carbocycles. The number of phenols is 1. The standard InChI is InChI=1S/C14H10OS/c15-11-3-5-13-9(7-11)1-2-10-8-12(16)4-6-14(10)13/h1-8,15-16H. The highest BCUT2D eigenvalue weighted by Crippen LogP contribution is 2.29. The van der Waals surface area contributed by atoms with Crippen LogP contribution in [0.25, 0.3) is 21.5 Å². The highest BCUT2D eigenvalue weighted by atomic mass is 32.1. The smallest absolute Gasteiger partial charge is 0.116 e. The number of rotatable bonds is 0. The molecule has 3 aromatic rings. The number of thiol groups is 1. The molecule has 0 saturated heterocycles. The van der Waals surface area contributed by atoms with Gasteiger partial charge in [-0.15, -0.1) is 12.6 Å². The number of phenolic OH excluding ortho intramolecular Hbond substituents is 1. The highest BCUT2D eigenvalue weighted by molar-refractivity contribution is 7.80. The van der Waals surface area contributed by atoms with Crippen molar-refractivity contribution >= 4 is 34.2 Å². The fourth-order valence-electron chi connectivity index (χ4n) is 2.05. The van der Waals surface area contributed by atoms with Crippen LogP contribution in [0.1, 0.15) is 0 Å². The molecule has 0 heterocycles. The number of fused-ring (bicyclic) bond motifs is 3. The summed E-state index contributed by atoms with van der Waals surface area (Å²) in [7, 11) is 0. The predicted octanol–water partition coefficient (Wildman–Crippen LogP) is 3.99. The number of hydrogen-bond acceptors (Lipinski definition) is 2. The summed E-state index contributed by atoms with van der Waals surface area (Å²) in [5.41, 5.74) is 0. The molecule has 0 bridgehead atoms. The second kappa shape index (κ2) is 3.42. The molecule has 0 amide bonds. The Bertz CT molecular complexity index is 628. The molecule has 0 aliphatic rings. The first kappa shape index (κ1) is 9.55. The Labute approximate surface area is 98.7 Å². The van der Waals surface area contributed by atoms with Crippen LogP contribution in [0.4, 0.5) is 0 Å². The minimum atomic E-state index is 0.303. The SMILES string of the molecule is Oc1ccc2c(ccc3cc(S)ccc32)c1. The molecule has 0 saturated carbocycles. The molecule has 0 aromatic heterocycles. The van der Waals surface area contributed by atoms with Gasteiger partial charge < -0.3 is 5.11 Å². The van der Waals surface area contributed by atoms with E-state index >= 15 is 0 Å². The van der Waals surface area contributed by atoms with Gasteiger partial charge in [0.1, 0.15) is 5.75 Å². The van der Waals surface area contributed by atoms with Crippen LogP contribution in [-0.4, -0.2) is 5.11 Å². The molecule has 0 spiro atoms. The molecule has 3 aromatic carbocycles. The van der Waals surface area contributed by atoms with E-state index in [9.17, 15) is 5.11 Å². The lowest BCUT2D eigenvalue weighted by molar-refractivity contribution is 0.476. The van der Waals surface area contributed by atoms with Gasteiger partial charge in [0.05, 0.1) is 0 Å². The van der Waals surface area contributed by atoms with Crippen molar-refractivity contribution in [2.75, 3.05) is 0 Å². The van der Waals surface area contributed by atoms with Crippen LogP contribution in [-0.2, 0) is 0 Å². The largest absolute Gasteiger partial charge is 0.508 e. The minimum absolute atomic E-state index is 0.303. The summed E-state index contributed by atoms with van der Waals surface area (Å²) in [6, 6.07) is 15.6. The van der Waals surface area contributed by atoms with E-state index in [1.807, 2.05) is 24.3 Å². The molecule has 0 unspecified atom stereocenters. The van der Waals surface area contributed by atoms with Crippen LogP contribution in [0.2, 0.25) is 0 Å². The van der Waals surface area contributed by atoms with Crippen molar-refractivity contribution in [2.45, 2.75) is 4.90 Å². The van der Waals surface area contributed by atoms with E-state index in [2.05, 4.69) is 24.8 Å². The number of aromatic hydroxyl groups is 1. The van der Waals surface area contributed by atoms with Crippen LogP contribution in [0, 0.1) is 0 Å². The van der Waals surface area contributed by atoms with Crippen molar-refractivity contribution in [1.29, 1.82) is 0 Å². The first-order chi connectivity index (χ1) is 7.74. The molecule has 0 fully saturated rings. The number of hydrogen-bond donors (Lipinski definition) is 2. The van der Waals surface area contributed by atoms with Crippen LogP contribution >= 0.6 is 12.6 Å². The average Bonchev–Trinajstić information content (AvgIpc) is 2.28. The van der Waals surface area contributed by atoms with E-state index in [1.165, 1.54) is 10.8 Å². The Balaban J connectivity index is 2.50. The van der Waals surface area contributed by atoms with Crippen LogP contribution in [0.5, 0.6) is 5.75 Å². The zero-order valence-corrected chi connectivity index (χ0v) is 9.41. The number of benzene rings is 3. The van der Waals surface area contributed by atoms with Gasteiger partial charge in [-0.25, -0.2) is 0 Å². The average molecular weight is 226 g/mol. The van der Waals surface area contributed by atoms with Crippen molar-refractivity contribution in [3.8, 4) is 5.75 Å². The molecular weight excluding hydrogens is 216 g/mol. The second-order valence-corrected chi connectivity index (χ2v) is 4.39. The molecule has 78 valence electrons. The topological polar surface area (TPSA) is 20.2 Å². The first-order valence-electron chi connectivity index (χ1n) is 5.08. The fourth-order valence-corrected chi connectivity index (χ4v) is 2.26. The molecule has 0 atom stereocenters. The first-order valence-corrected chi connectivity index (χ1v) is 5.53. The highest BCUT2D eigenvalue weighted by Gasteiger charge is 2.01. The molecule has 3 rings (SSSR count).